The molecule has 1 aromatic carbocycles. The van der Waals surface area contributed by atoms with Crippen molar-refractivity contribution in [3.8, 4) is 0 Å². The molecule has 0 saturated carbocycles. The quantitative estimate of drug-likeness (QED) is 0.419. The molecule has 0 aliphatic carbocycles. The average Bonchev–Trinajstić information content (AvgIpc) is 3.18. The number of aromatic nitrogens is 5. The van der Waals surface area contributed by atoms with E-state index in [2.05, 4.69) is 20.5 Å². The van der Waals surface area contributed by atoms with Gasteiger partial charge in [0.2, 0.25) is 0 Å². The van der Waals surface area contributed by atoms with Crippen LogP contribution >= 0.6 is 11.6 Å². The molecular formula is C21H17ClF4N6O. The minimum absolute atomic E-state index is 0.0777. The van der Waals surface area contributed by atoms with Crippen molar-refractivity contribution >= 4 is 28.8 Å². The number of hydrogen-bond acceptors (Lipinski definition) is 4. The summed E-state index contributed by atoms with van der Waals surface area (Å²) >= 11 is 6.19. The Hall–Kier alpha value is -3.47. The Balaban J connectivity index is 1.68. The van der Waals surface area contributed by atoms with Crippen molar-refractivity contribution in [1.29, 1.82) is 0 Å². The van der Waals surface area contributed by atoms with E-state index in [1.54, 1.807) is 30.7 Å². The maximum Gasteiger partial charge on any atom is 0.433 e. The van der Waals surface area contributed by atoms with Crippen molar-refractivity contribution in [2.75, 3.05) is 5.32 Å². The number of anilines is 1. The Morgan fingerprint density at radius 2 is 1.88 bits per heavy atom. The van der Waals surface area contributed by atoms with E-state index in [1.165, 1.54) is 19.1 Å². The molecule has 0 saturated heterocycles. The number of halogens is 5. The topological polar surface area (TPSA) is 77.1 Å². The summed E-state index contributed by atoms with van der Waals surface area (Å²) in [6.45, 7) is 5.00. The van der Waals surface area contributed by atoms with Gasteiger partial charge in [-0.1, -0.05) is 23.7 Å². The Labute approximate surface area is 190 Å². The zero-order chi connectivity index (χ0) is 24.1. The van der Waals surface area contributed by atoms with Crippen molar-refractivity contribution in [2.24, 2.45) is 0 Å². The largest absolute Gasteiger partial charge is 0.433 e. The van der Waals surface area contributed by atoms with Gasteiger partial charge in [-0.05, 0) is 44.5 Å². The summed E-state index contributed by atoms with van der Waals surface area (Å²) < 4.78 is 55.9. The van der Waals surface area contributed by atoms with Crippen molar-refractivity contribution in [1.82, 2.24) is 24.4 Å². The summed E-state index contributed by atoms with van der Waals surface area (Å²) in [7, 11) is 0. The smallest absolute Gasteiger partial charge is 0.317 e. The number of alkyl halides is 3. The summed E-state index contributed by atoms with van der Waals surface area (Å²) in [6.07, 6.45) is -4.72. The highest BCUT2D eigenvalue weighted by molar-refractivity contribution is 6.37. The molecule has 12 heteroatoms. The number of amides is 1. The fourth-order valence-electron chi connectivity index (χ4n) is 3.47. The van der Waals surface area contributed by atoms with Gasteiger partial charge in [-0.25, -0.2) is 13.9 Å². The SMILES string of the molecule is Cc1cc(C(F)(F)F)n2nc(C(=O)Nc3c(C)nn(Cc4cccc(F)c4)c3C)c(Cl)c2n1. The van der Waals surface area contributed by atoms with Gasteiger partial charge in [-0.3, -0.25) is 9.48 Å². The van der Waals surface area contributed by atoms with Gasteiger partial charge in [0.1, 0.15) is 16.5 Å². The minimum atomic E-state index is -4.72. The van der Waals surface area contributed by atoms with Crippen molar-refractivity contribution in [3.05, 3.63) is 75.2 Å². The van der Waals surface area contributed by atoms with E-state index in [1.807, 2.05) is 0 Å². The summed E-state index contributed by atoms with van der Waals surface area (Å²) in [4.78, 5) is 16.9. The fourth-order valence-corrected chi connectivity index (χ4v) is 3.72. The summed E-state index contributed by atoms with van der Waals surface area (Å²) in [5, 5.41) is 10.5. The van der Waals surface area contributed by atoms with Crippen LogP contribution in [0.3, 0.4) is 0 Å². The van der Waals surface area contributed by atoms with Crippen molar-refractivity contribution < 1.29 is 22.4 Å². The highest BCUT2D eigenvalue weighted by atomic mass is 35.5. The van der Waals surface area contributed by atoms with E-state index in [-0.39, 0.29) is 28.7 Å². The van der Waals surface area contributed by atoms with E-state index in [0.717, 1.165) is 6.07 Å². The van der Waals surface area contributed by atoms with Gasteiger partial charge in [0, 0.05) is 5.69 Å². The van der Waals surface area contributed by atoms with Gasteiger partial charge < -0.3 is 5.32 Å². The van der Waals surface area contributed by atoms with Crippen LogP contribution < -0.4 is 5.32 Å². The second-order valence-corrected chi connectivity index (χ2v) is 7.84. The number of benzene rings is 1. The molecule has 3 aromatic heterocycles. The molecule has 1 N–H and O–H groups in total. The van der Waals surface area contributed by atoms with Crippen LogP contribution in [0.25, 0.3) is 5.65 Å². The number of nitrogens with zero attached hydrogens (tertiary/aromatic N) is 5. The van der Waals surface area contributed by atoms with Gasteiger partial charge in [0.05, 0.1) is 23.6 Å². The van der Waals surface area contributed by atoms with Crippen LogP contribution in [0.2, 0.25) is 5.02 Å². The Kier molecular flexibility index (Phi) is 5.61. The van der Waals surface area contributed by atoms with E-state index in [9.17, 15) is 22.4 Å². The number of rotatable bonds is 4. The van der Waals surface area contributed by atoms with Gasteiger partial charge in [0.25, 0.3) is 5.91 Å². The molecule has 4 rings (SSSR count). The summed E-state index contributed by atoms with van der Waals surface area (Å²) in [5.74, 6) is -1.20. The van der Waals surface area contributed by atoms with Gasteiger partial charge in [-0.15, -0.1) is 0 Å². The average molecular weight is 481 g/mol. The van der Waals surface area contributed by atoms with Crippen LogP contribution in [0, 0.1) is 26.6 Å². The van der Waals surface area contributed by atoms with Gasteiger partial charge in [-0.2, -0.15) is 23.4 Å². The van der Waals surface area contributed by atoms with Crippen LogP contribution in [-0.2, 0) is 12.7 Å². The van der Waals surface area contributed by atoms with Crippen LogP contribution in [0.4, 0.5) is 23.2 Å². The first-order valence-corrected chi connectivity index (χ1v) is 10.1. The number of nitrogens with one attached hydrogen (secondary N) is 1. The predicted octanol–water partition coefficient (Wildman–Crippen LogP) is 4.96. The lowest BCUT2D eigenvalue weighted by molar-refractivity contribution is -0.142. The molecule has 0 radical (unpaired) electrons. The molecular weight excluding hydrogens is 464 g/mol. The molecule has 33 heavy (non-hydrogen) atoms. The Bertz CT molecular complexity index is 1390. The van der Waals surface area contributed by atoms with E-state index in [0.29, 0.717) is 27.2 Å². The lowest BCUT2D eigenvalue weighted by Crippen LogP contribution is -2.16. The molecule has 7 nitrogen and oxygen atoms in total. The molecule has 0 spiro atoms. The number of fused-ring (bicyclic) bond motifs is 1. The molecule has 3 heterocycles. The zero-order valence-electron chi connectivity index (χ0n) is 17.6. The molecule has 1 amide bonds. The standard InChI is InChI=1S/C21H17ClF4N6O/c1-10-7-15(21(24,25)26)32-19(27-10)16(22)18(30-32)20(33)28-17-11(2)29-31(12(17)3)9-13-5-4-6-14(23)8-13/h4-8H,9H2,1-3H3,(H,28,33). The molecule has 0 unspecified atom stereocenters. The van der Waals surface area contributed by atoms with Crippen LogP contribution in [0.1, 0.15) is 38.8 Å². The molecule has 0 bridgehead atoms. The van der Waals surface area contributed by atoms with Crippen LogP contribution in [0.15, 0.2) is 30.3 Å². The molecule has 172 valence electrons. The molecule has 0 atom stereocenters. The fraction of sp³-hybridized carbons (Fsp3) is 0.238. The van der Waals surface area contributed by atoms with Gasteiger partial charge in [0.15, 0.2) is 11.3 Å². The third kappa shape index (κ3) is 4.28. The third-order valence-electron chi connectivity index (χ3n) is 5.01. The second-order valence-electron chi connectivity index (χ2n) is 7.47. The van der Waals surface area contributed by atoms with E-state index >= 15 is 0 Å². The van der Waals surface area contributed by atoms with Gasteiger partial charge >= 0.3 is 6.18 Å². The molecule has 0 fully saturated rings. The number of carbonyl (C=O) groups is 1. The predicted molar refractivity (Wildman–Crippen MR) is 113 cm³/mol. The maximum absolute atomic E-state index is 13.5. The Morgan fingerprint density at radius 3 is 2.55 bits per heavy atom. The second kappa shape index (κ2) is 8.14. The summed E-state index contributed by atoms with van der Waals surface area (Å²) in [5.41, 5.74) is 0.348. The van der Waals surface area contributed by atoms with Crippen LogP contribution in [-0.4, -0.2) is 30.3 Å². The molecule has 0 aliphatic rings. The normalized spacial score (nSPS) is 11.9. The molecule has 0 aliphatic heterocycles. The van der Waals surface area contributed by atoms with Crippen molar-refractivity contribution in [3.63, 3.8) is 0 Å². The maximum atomic E-state index is 13.5. The number of aryl methyl sites for hydroxylation is 2. The first-order valence-electron chi connectivity index (χ1n) is 9.68. The van der Waals surface area contributed by atoms with Crippen LogP contribution in [0.5, 0.6) is 0 Å². The Morgan fingerprint density at radius 1 is 1.15 bits per heavy atom. The van der Waals surface area contributed by atoms with E-state index < -0.39 is 23.5 Å². The molecule has 4 aromatic rings. The monoisotopic (exact) mass is 480 g/mol. The number of carbonyl (C=O) groups excluding carboxylic acids is 1. The third-order valence-corrected chi connectivity index (χ3v) is 5.36. The lowest BCUT2D eigenvalue weighted by Gasteiger charge is -2.09. The first-order chi connectivity index (χ1) is 15.5. The summed E-state index contributed by atoms with van der Waals surface area (Å²) in [6, 6.07) is 6.84. The minimum Gasteiger partial charge on any atom is -0.317 e. The number of hydrogen-bond donors (Lipinski definition) is 1. The van der Waals surface area contributed by atoms with Crippen molar-refractivity contribution in [2.45, 2.75) is 33.5 Å². The first kappa shape index (κ1) is 22.7. The lowest BCUT2D eigenvalue weighted by atomic mass is 10.2. The highest BCUT2D eigenvalue weighted by Gasteiger charge is 2.36. The van der Waals surface area contributed by atoms with E-state index in [4.69, 9.17) is 11.6 Å². The zero-order valence-corrected chi connectivity index (χ0v) is 18.4. The highest BCUT2D eigenvalue weighted by Crippen LogP contribution is 2.32.